The van der Waals surface area contributed by atoms with E-state index in [1.807, 2.05) is 6.07 Å². The number of amides is 1. The zero-order valence-corrected chi connectivity index (χ0v) is 18.0. The van der Waals surface area contributed by atoms with Gasteiger partial charge in [0.25, 0.3) is 5.91 Å². The van der Waals surface area contributed by atoms with Gasteiger partial charge in [-0.05, 0) is 49.2 Å². The minimum atomic E-state index is -0.138. The minimum absolute atomic E-state index is 0.138. The second-order valence-electron chi connectivity index (χ2n) is 7.45. The molecule has 1 amide bonds. The number of nitrogens with zero attached hydrogens (tertiary/aromatic N) is 4. The molecule has 3 aromatic rings. The van der Waals surface area contributed by atoms with Crippen LogP contribution in [0.1, 0.15) is 34.9 Å². The van der Waals surface area contributed by atoms with Crippen molar-refractivity contribution in [2.24, 2.45) is 0 Å². The number of methoxy groups -OCH3 is 2. The van der Waals surface area contributed by atoms with E-state index < -0.39 is 0 Å². The summed E-state index contributed by atoms with van der Waals surface area (Å²) in [5.74, 6) is 2.73. The third kappa shape index (κ3) is 4.72. The molecule has 32 heavy (non-hydrogen) atoms. The fourth-order valence-electron chi connectivity index (χ4n) is 3.66. The molecule has 1 aromatic carbocycles. The summed E-state index contributed by atoms with van der Waals surface area (Å²) < 4.78 is 16.5. The molecule has 166 valence electrons. The van der Waals surface area contributed by atoms with Gasteiger partial charge in [0.2, 0.25) is 0 Å². The van der Waals surface area contributed by atoms with Crippen molar-refractivity contribution in [3.05, 3.63) is 60.0 Å². The van der Waals surface area contributed by atoms with Crippen molar-refractivity contribution >= 4 is 11.7 Å². The van der Waals surface area contributed by atoms with Gasteiger partial charge in [0.05, 0.1) is 26.1 Å². The molecule has 9 heteroatoms. The number of nitrogens with two attached hydrogens (primary N) is 1. The van der Waals surface area contributed by atoms with Gasteiger partial charge in [0.15, 0.2) is 11.5 Å². The number of nitrogen functional groups attached to an aromatic ring is 1. The van der Waals surface area contributed by atoms with Crippen LogP contribution < -0.4 is 19.9 Å². The molecule has 1 saturated heterocycles. The zero-order valence-electron chi connectivity index (χ0n) is 18.0. The maximum absolute atomic E-state index is 13.0. The van der Waals surface area contributed by atoms with Gasteiger partial charge in [-0.25, -0.2) is 4.98 Å². The predicted molar refractivity (Wildman–Crippen MR) is 118 cm³/mol. The molecule has 0 unspecified atom stereocenters. The maximum atomic E-state index is 13.0. The Morgan fingerprint density at radius 3 is 2.31 bits per heavy atom. The van der Waals surface area contributed by atoms with Gasteiger partial charge in [0, 0.05) is 25.1 Å². The zero-order chi connectivity index (χ0) is 22.5. The lowest BCUT2D eigenvalue weighted by atomic mass is 9.93. The van der Waals surface area contributed by atoms with Crippen LogP contribution in [-0.2, 0) is 0 Å². The van der Waals surface area contributed by atoms with Crippen molar-refractivity contribution in [1.82, 2.24) is 20.1 Å². The van der Waals surface area contributed by atoms with E-state index in [4.69, 9.17) is 19.9 Å². The fourth-order valence-corrected chi connectivity index (χ4v) is 3.66. The average Bonchev–Trinajstić information content (AvgIpc) is 2.85. The van der Waals surface area contributed by atoms with E-state index >= 15 is 0 Å². The highest BCUT2D eigenvalue weighted by molar-refractivity contribution is 5.93. The first-order chi connectivity index (χ1) is 15.6. The van der Waals surface area contributed by atoms with Crippen LogP contribution in [-0.4, -0.2) is 53.3 Å². The minimum Gasteiger partial charge on any atom is -0.497 e. The summed E-state index contributed by atoms with van der Waals surface area (Å²) in [7, 11) is 3.14. The molecule has 0 bridgehead atoms. The maximum Gasteiger partial charge on any atom is 0.272 e. The van der Waals surface area contributed by atoms with Gasteiger partial charge in [-0.3, -0.25) is 4.79 Å². The summed E-state index contributed by atoms with van der Waals surface area (Å²) in [5.41, 5.74) is 6.84. The molecule has 0 saturated carbocycles. The van der Waals surface area contributed by atoms with Gasteiger partial charge in [-0.2, -0.15) is 5.10 Å². The number of hydrogen-bond donors (Lipinski definition) is 1. The Balaban J connectivity index is 1.42. The van der Waals surface area contributed by atoms with Crippen molar-refractivity contribution in [3.63, 3.8) is 0 Å². The number of hydrogen-bond acceptors (Lipinski definition) is 8. The molecule has 0 radical (unpaired) electrons. The Morgan fingerprint density at radius 2 is 1.69 bits per heavy atom. The Morgan fingerprint density at radius 1 is 0.969 bits per heavy atom. The van der Waals surface area contributed by atoms with Crippen molar-refractivity contribution < 1.29 is 19.0 Å². The SMILES string of the molecule is COc1ccc(Oc2cnc(C(=O)N3CCC(c4ccc(N)nn4)CC3)cc2OC)cc1. The lowest BCUT2D eigenvalue weighted by molar-refractivity contribution is 0.0705. The molecule has 2 N–H and O–H groups in total. The number of benzene rings is 1. The lowest BCUT2D eigenvalue weighted by Gasteiger charge is -2.31. The number of pyridine rings is 1. The number of ether oxygens (including phenoxy) is 3. The summed E-state index contributed by atoms with van der Waals surface area (Å²) >= 11 is 0. The highest BCUT2D eigenvalue weighted by Gasteiger charge is 2.27. The molecule has 4 rings (SSSR count). The highest BCUT2D eigenvalue weighted by atomic mass is 16.5. The van der Waals surface area contributed by atoms with Gasteiger partial charge < -0.3 is 24.8 Å². The van der Waals surface area contributed by atoms with Crippen LogP contribution in [0.25, 0.3) is 0 Å². The normalized spacial score (nSPS) is 14.1. The molecule has 0 spiro atoms. The molecule has 3 heterocycles. The van der Waals surface area contributed by atoms with Gasteiger partial charge in [0.1, 0.15) is 23.0 Å². The van der Waals surface area contributed by atoms with E-state index in [2.05, 4.69) is 15.2 Å². The second kappa shape index (κ2) is 9.51. The standard InChI is InChI=1S/C23H25N5O4/c1-30-16-3-5-17(6-4-16)32-21-14-25-19(13-20(21)31-2)23(29)28-11-9-15(10-12-28)18-7-8-22(24)27-26-18/h3-8,13-15H,9-12H2,1-2H3,(H2,24,27). The van der Waals surface area contributed by atoms with Crippen LogP contribution in [0.15, 0.2) is 48.7 Å². The van der Waals surface area contributed by atoms with Crippen molar-refractivity contribution in [1.29, 1.82) is 0 Å². The van der Waals surface area contributed by atoms with Crippen LogP contribution in [0, 0.1) is 0 Å². The van der Waals surface area contributed by atoms with Crippen molar-refractivity contribution in [3.8, 4) is 23.0 Å². The Kier molecular flexibility index (Phi) is 6.34. The van der Waals surface area contributed by atoms with Crippen LogP contribution >= 0.6 is 0 Å². The summed E-state index contributed by atoms with van der Waals surface area (Å²) in [6, 6.07) is 12.4. The van der Waals surface area contributed by atoms with E-state index in [1.165, 1.54) is 13.3 Å². The smallest absolute Gasteiger partial charge is 0.272 e. The van der Waals surface area contributed by atoms with Gasteiger partial charge >= 0.3 is 0 Å². The molecular weight excluding hydrogens is 410 g/mol. The first kappa shape index (κ1) is 21.4. The number of carbonyl (C=O) groups is 1. The van der Waals surface area contributed by atoms with Crippen LogP contribution in [0.5, 0.6) is 23.0 Å². The molecule has 1 aliphatic heterocycles. The topological polar surface area (TPSA) is 113 Å². The monoisotopic (exact) mass is 435 g/mol. The molecule has 0 aliphatic carbocycles. The van der Waals surface area contributed by atoms with E-state index in [1.54, 1.807) is 48.4 Å². The fraction of sp³-hybridized carbons (Fsp3) is 0.304. The molecule has 9 nitrogen and oxygen atoms in total. The Hall–Kier alpha value is -3.88. The number of likely N-dealkylation sites (tertiary alicyclic amines) is 1. The Labute approximate surface area is 186 Å². The van der Waals surface area contributed by atoms with Crippen molar-refractivity contribution in [2.75, 3.05) is 33.0 Å². The predicted octanol–water partition coefficient (Wildman–Crippen LogP) is 3.28. The van der Waals surface area contributed by atoms with E-state index in [0.717, 1.165) is 24.3 Å². The molecule has 0 atom stereocenters. The summed E-state index contributed by atoms with van der Waals surface area (Å²) in [4.78, 5) is 19.1. The summed E-state index contributed by atoms with van der Waals surface area (Å²) in [6.07, 6.45) is 3.12. The van der Waals surface area contributed by atoms with Crippen molar-refractivity contribution in [2.45, 2.75) is 18.8 Å². The molecule has 1 fully saturated rings. The van der Waals surface area contributed by atoms with E-state index in [9.17, 15) is 4.79 Å². The second-order valence-corrected chi connectivity index (χ2v) is 7.45. The van der Waals surface area contributed by atoms with Crippen LogP contribution in [0.3, 0.4) is 0 Å². The number of piperidine rings is 1. The molecular formula is C23H25N5O4. The highest BCUT2D eigenvalue weighted by Crippen LogP contribution is 2.33. The summed E-state index contributed by atoms with van der Waals surface area (Å²) in [5, 5.41) is 8.11. The van der Waals surface area contributed by atoms with Crippen LogP contribution in [0.4, 0.5) is 5.82 Å². The lowest BCUT2D eigenvalue weighted by Crippen LogP contribution is -2.38. The quantitative estimate of drug-likeness (QED) is 0.628. The largest absolute Gasteiger partial charge is 0.497 e. The average molecular weight is 435 g/mol. The molecule has 1 aliphatic rings. The first-order valence-corrected chi connectivity index (χ1v) is 10.3. The molecule has 2 aromatic heterocycles. The number of aromatic nitrogens is 3. The number of carbonyl (C=O) groups excluding carboxylic acids is 1. The van der Waals surface area contributed by atoms with Gasteiger partial charge in [-0.15, -0.1) is 5.10 Å². The summed E-state index contributed by atoms with van der Waals surface area (Å²) in [6.45, 7) is 1.23. The van der Waals surface area contributed by atoms with Gasteiger partial charge in [-0.1, -0.05) is 0 Å². The Bertz CT molecular complexity index is 1060. The third-order valence-corrected chi connectivity index (χ3v) is 5.46. The number of rotatable bonds is 6. The van der Waals surface area contributed by atoms with E-state index in [0.29, 0.717) is 41.8 Å². The van der Waals surface area contributed by atoms with Crippen LogP contribution in [0.2, 0.25) is 0 Å². The first-order valence-electron chi connectivity index (χ1n) is 10.3. The third-order valence-electron chi connectivity index (χ3n) is 5.46. The van der Waals surface area contributed by atoms with E-state index in [-0.39, 0.29) is 11.8 Å². The number of anilines is 1.